The van der Waals surface area contributed by atoms with Gasteiger partial charge in [0.1, 0.15) is 11.1 Å². The average Bonchev–Trinajstić information content (AvgIpc) is 3.97. The summed E-state index contributed by atoms with van der Waals surface area (Å²) in [6.07, 6.45) is 5.85. The van der Waals surface area contributed by atoms with Crippen LogP contribution in [0.1, 0.15) is 66.3 Å². The van der Waals surface area contributed by atoms with Gasteiger partial charge in [0.25, 0.3) is 0 Å². The molecule has 0 bridgehead atoms. The number of Topliss-reactive ketones (excluding diaryl/α,β-unsaturated/α-hetero) is 1. The summed E-state index contributed by atoms with van der Waals surface area (Å²) in [4.78, 5) is 48.9. The Labute approximate surface area is 265 Å². The molecular formula is C32H31F5N2O8. The van der Waals surface area contributed by atoms with Crippen LogP contribution in [-0.2, 0) is 14.3 Å². The Bertz CT molecular complexity index is 1820. The fraction of sp³-hybridized carbons (Fsp3) is 0.375. The third-order valence-corrected chi connectivity index (χ3v) is 7.15. The van der Waals surface area contributed by atoms with Crippen LogP contribution in [0.4, 0.5) is 22.0 Å². The molecule has 2 aromatic carbocycles. The number of aromatic nitrogens is 1. The highest BCUT2D eigenvalue weighted by Gasteiger charge is 2.32. The number of ether oxygens (including phenoxy) is 4. The van der Waals surface area contributed by atoms with Crippen molar-refractivity contribution in [3.63, 3.8) is 0 Å². The molecule has 3 aromatic rings. The molecule has 1 heterocycles. The Morgan fingerprint density at radius 3 is 2.00 bits per heavy atom. The Hall–Kier alpha value is -4.95. The molecule has 1 aromatic heterocycles. The zero-order valence-electron chi connectivity index (χ0n) is 25.8. The van der Waals surface area contributed by atoms with Crippen LogP contribution in [0.15, 0.2) is 34.9 Å². The first-order chi connectivity index (χ1) is 22.4. The smallest absolute Gasteiger partial charge is 0.343 e. The third kappa shape index (κ3) is 7.39. The molecule has 2 saturated carbocycles. The van der Waals surface area contributed by atoms with E-state index < -0.39 is 69.1 Å². The molecule has 252 valence electrons. The largest absolute Gasteiger partial charge is 0.491 e. The van der Waals surface area contributed by atoms with Crippen LogP contribution in [0.5, 0.6) is 11.5 Å². The molecule has 0 aliphatic heterocycles. The van der Waals surface area contributed by atoms with Gasteiger partial charge in [-0.1, -0.05) is 0 Å². The minimum atomic E-state index is -1.55. The van der Waals surface area contributed by atoms with Crippen molar-refractivity contribution in [1.82, 2.24) is 9.88 Å². The molecule has 2 fully saturated rings. The molecule has 0 saturated heterocycles. The van der Waals surface area contributed by atoms with Crippen molar-refractivity contribution in [3.8, 4) is 11.5 Å². The maximum atomic E-state index is 14.2. The van der Waals surface area contributed by atoms with Crippen LogP contribution < -0.4 is 20.2 Å². The van der Waals surface area contributed by atoms with Crippen LogP contribution in [0, 0.1) is 29.1 Å². The van der Waals surface area contributed by atoms with Crippen molar-refractivity contribution in [1.29, 1.82) is 0 Å². The van der Waals surface area contributed by atoms with E-state index in [1.165, 1.54) is 20.2 Å². The van der Waals surface area contributed by atoms with Gasteiger partial charge in [-0.05, 0) is 51.7 Å². The lowest BCUT2D eigenvalue weighted by atomic mass is 10.0. The summed E-state index contributed by atoms with van der Waals surface area (Å²) < 4.78 is 89.7. The summed E-state index contributed by atoms with van der Waals surface area (Å²) in [5.41, 5.74) is -2.06. The molecule has 1 N–H and O–H groups in total. The van der Waals surface area contributed by atoms with Crippen LogP contribution >= 0.6 is 0 Å². The van der Waals surface area contributed by atoms with Gasteiger partial charge in [-0.2, -0.15) is 8.78 Å². The van der Waals surface area contributed by atoms with Crippen LogP contribution in [-0.4, -0.2) is 55.8 Å². The molecule has 2 aliphatic carbocycles. The predicted molar refractivity (Wildman–Crippen MR) is 157 cm³/mol. The summed E-state index contributed by atoms with van der Waals surface area (Å²) in [6.45, 7) is 3.27. The highest BCUT2D eigenvalue weighted by Crippen LogP contribution is 2.40. The van der Waals surface area contributed by atoms with Crippen molar-refractivity contribution in [3.05, 3.63) is 80.5 Å². The number of carbonyl (C=O) groups is 3. The maximum absolute atomic E-state index is 14.2. The van der Waals surface area contributed by atoms with Gasteiger partial charge in [0.15, 0.2) is 29.0 Å². The van der Waals surface area contributed by atoms with E-state index in [2.05, 4.69) is 10.1 Å². The molecule has 0 radical (unpaired) electrons. The number of rotatable bonds is 11. The molecule has 47 heavy (non-hydrogen) atoms. The minimum absolute atomic E-state index is 0.00351. The number of carbonyl (C=O) groups excluding carboxylic acids is 3. The number of ketones is 1. The summed E-state index contributed by atoms with van der Waals surface area (Å²) in [5.74, 6) is -11.0. The molecule has 0 spiro atoms. The fourth-order valence-corrected chi connectivity index (χ4v) is 4.56. The van der Waals surface area contributed by atoms with E-state index in [0.717, 1.165) is 45.1 Å². The molecule has 10 nitrogen and oxygen atoms in total. The molecule has 2 aliphatic rings. The molecular weight excluding hydrogens is 635 g/mol. The van der Waals surface area contributed by atoms with Crippen LogP contribution in [0.2, 0.25) is 0 Å². The van der Waals surface area contributed by atoms with Gasteiger partial charge < -0.3 is 28.8 Å². The SMILES string of the molecule is CCOC(=O)C(=CNC1CC1)C(=O)c1cc(F)c(F)c(OC)c1F.CCOC(=O)c1cn(C2CC2)c2c(OC)c(F)c(F)cc2c1=O. The molecule has 5 rings (SSSR count). The number of pyridine rings is 1. The normalized spacial score (nSPS) is 14.2. The van der Waals surface area contributed by atoms with Crippen molar-refractivity contribution in [2.24, 2.45) is 0 Å². The highest BCUT2D eigenvalue weighted by molar-refractivity contribution is 6.24. The van der Waals surface area contributed by atoms with E-state index in [1.54, 1.807) is 11.5 Å². The standard InChI is InChI=1S/C16H16F3NO4.C16H15F2NO4/c1-3-24-16(22)10(7-20-8-4-5-8)14(21)9-6-11(17)13(19)15(23-2)12(9)18;1-3-23-16(21)10-7-19(8-4-5-8)13-9(14(10)20)6-11(17)12(18)15(13)22-2/h6-8,20H,3-5H2,1-2H3;6-8H,3-5H2,1-2H3. The van der Waals surface area contributed by atoms with Gasteiger partial charge in [0.05, 0.1) is 43.9 Å². The second kappa shape index (κ2) is 14.6. The topological polar surface area (TPSA) is 122 Å². The summed E-state index contributed by atoms with van der Waals surface area (Å²) in [5, 5.41) is 2.72. The summed E-state index contributed by atoms with van der Waals surface area (Å²) in [7, 11) is 2.14. The number of methoxy groups -OCH3 is 2. The zero-order valence-corrected chi connectivity index (χ0v) is 25.8. The van der Waals surface area contributed by atoms with Gasteiger partial charge in [0.2, 0.25) is 22.8 Å². The van der Waals surface area contributed by atoms with Gasteiger partial charge >= 0.3 is 11.9 Å². The minimum Gasteiger partial charge on any atom is -0.491 e. The van der Waals surface area contributed by atoms with Gasteiger partial charge in [-0.15, -0.1) is 0 Å². The number of benzene rings is 2. The van der Waals surface area contributed by atoms with Crippen molar-refractivity contribution >= 4 is 28.6 Å². The van der Waals surface area contributed by atoms with Crippen LogP contribution in [0.3, 0.4) is 0 Å². The molecule has 0 unspecified atom stereocenters. The van der Waals surface area contributed by atoms with Crippen molar-refractivity contribution in [2.45, 2.75) is 51.6 Å². The summed E-state index contributed by atoms with van der Waals surface area (Å²) in [6, 6.07) is 1.33. The van der Waals surface area contributed by atoms with E-state index in [0.29, 0.717) is 6.07 Å². The molecule has 0 atom stereocenters. The lowest BCUT2D eigenvalue weighted by Gasteiger charge is -2.16. The first kappa shape index (κ1) is 34.9. The second-order valence-corrected chi connectivity index (χ2v) is 10.4. The average molecular weight is 667 g/mol. The first-order valence-corrected chi connectivity index (χ1v) is 14.6. The number of hydrogen-bond acceptors (Lipinski definition) is 9. The van der Waals surface area contributed by atoms with E-state index in [-0.39, 0.29) is 47.5 Å². The Balaban J connectivity index is 0.000000213. The Morgan fingerprint density at radius 2 is 1.45 bits per heavy atom. The van der Waals surface area contributed by atoms with E-state index in [1.807, 2.05) is 0 Å². The van der Waals surface area contributed by atoms with E-state index in [4.69, 9.17) is 14.2 Å². The molecule has 15 heteroatoms. The number of esters is 2. The quantitative estimate of drug-likeness (QED) is 0.0553. The first-order valence-electron chi connectivity index (χ1n) is 14.6. The van der Waals surface area contributed by atoms with Crippen molar-refractivity contribution in [2.75, 3.05) is 27.4 Å². The van der Waals surface area contributed by atoms with Gasteiger partial charge in [-0.3, -0.25) is 9.59 Å². The second-order valence-electron chi connectivity index (χ2n) is 10.4. The Morgan fingerprint density at radius 1 is 0.851 bits per heavy atom. The van der Waals surface area contributed by atoms with E-state index in [9.17, 15) is 41.1 Å². The van der Waals surface area contributed by atoms with Gasteiger partial charge in [-0.25, -0.2) is 22.8 Å². The van der Waals surface area contributed by atoms with E-state index >= 15 is 0 Å². The third-order valence-electron chi connectivity index (χ3n) is 7.15. The van der Waals surface area contributed by atoms with Crippen LogP contribution in [0.25, 0.3) is 10.9 Å². The van der Waals surface area contributed by atoms with Gasteiger partial charge in [0, 0.05) is 24.5 Å². The predicted octanol–water partition coefficient (Wildman–Crippen LogP) is 5.29. The number of fused-ring (bicyclic) bond motifs is 1. The summed E-state index contributed by atoms with van der Waals surface area (Å²) >= 11 is 0. The lowest BCUT2D eigenvalue weighted by Crippen LogP contribution is -2.21. The van der Waals surface area contributed by atoms with Crippen molar-refractivity contribution < 1.29 is 55.3 Å². The number of hydrogen-bond donors (Lipinski definition) is 1. The highest BCUT2D eigenvalue weighted by atomic mass is 19.2. The maximum Gasteiger partial charge on any atom is 0.343 e. The fourth-order valence-electron chi connectivity index (χ4n) is 4.56. The lowest BCUT2D eigenvalue weighted by molar-refractivity contribution is -0.138. The molecule has 0 amide bonds. The number of nitrogens with one attached hydrogen (secondary N) is 1. The monoisotopic (exact) mass is 666 g/mol. The zero-order chi connectivity index (χ0) is 34.6. The number of nitrogens with zero attached hydrogens (tertiary/aromatic N) is 1. The Kier molecular flexibility index (Phi) is 10.9. The number of halogens is 5.